The molecule has 24 heavy (non-hydrogen) atoms. The Bertz CT molecular complexity index is 544. The van der Waals surface area contributed by atoms with Crippen LogP contribution in [0.5, 0.6) is 0 Å². The van der Waals surface area contributed by atoms with E-state index in [9.17, 15) is 4.79 Å². The SMILES string of the molecule is Cc1nnc(C(C)N2CCC(C(C)NC(=O)OC(C)(C)C)CC2)o1. The average Bonchev–Trinajstić information content (AvgIpc) is 2.91. The van der Waals surface area contributed by atoms with Crippen molar-refractivity contribution >= 4 is 6.09 Å². The van der Waals surface area contributed by atoms with Crippen LogP contribution in [0, 0.1) is 12.8 Å². The zero-order valence-electron chi connectivity index (χ0n) is 15.6. The second-order valence-electron chi connectivity index (χ2n) is 7.64. The molecule has 1 N–H and O–H groups in total. The Kier molecular flexibility index (Phi) is 5.85. The molecule has 0 saturated carbocycles. The number of carbonyl (C=O) groups is 1. The van der Waals surface area contributed by atoms with Crippen molar-refractivity contribution in [2.45, 2.75) is 72.1 Å². The highest BCUT2D eigenvalue weighted by atomic mass is 16.6. The van der Waals surface area contributed by atoms with Crippen LogP contribution in [0.25, 0.3) is 0 Å². The molecule has 2 rings (SSSR count). The third-order valence-corrected chi connectivity index (χ3v) is 4.47. The second kappa shape index (κ2) is 7.51. The van der Waals surface area contributed by atoms with Crippen molar-refractivity contribution in [2.75, 3.05) is 13.1 Å². The highest BCUT2D eigenvalue weighted by Crippen LogP contribution is 2.27. The monoisotopic (exact) mass is 338 g/mol. The summed E-state index contributed by atoms with van der Waals surface area (Å²) in [6, 6.07) is 0.226. The molecule has 1 fully saturated rings. The van der Waals surface area contributed by atoms with Gasteiger partial charge < -0.3 is 14.5 Å². The number of nitrogens with one attached hydrogen (secondary N) is 1. The fourth-order valence-electron chi connectivity index (χ4n) is 3.05. The smallest absolute Gasteiger partial charge is 0.407 e. The summed E-state index contributed by atoms with van der Waals surface area (Å²) in [6.07, 6.45) is 1.70. The van der Waals surface area contributed by atoms with Crippen LogP contribution < -0.4 is 5.32 Å². The summed E-state index contributed by atoms with van der Waals surface area (Å²) in [5, 5.41) is 11.0. The van der Waals surface area contributed by atoms with Crippen LogP contribution in [0.3, 0.4) is 0 Å². The van der Waals surface area contributed by atoms with Crippen molar-refractivity contribution in [2.24, 2.45) is 5.92 Å². The fourth-order valence-corrected chi connectivity index (χ4v) is 3.05. The predicted octanol–water partition coefficient (Wildman–Crippen LogP) is 3.06. The van der Waals surface area contributed by atoms with Crippen LogP contribution in [0.1, 0.15) is 65.3 Å². The largest absolute Gasteiger partial charge is 0.444 e. The van der Waals surface area contributed by atoms with Crippen molar-refractivity contribution in [3.8, 4) is 0 Å². The van der Waals surface area contributed by atoms with E-state index >= 15 is 0 Å². The molecule has 0 aliphatic carbocycles. The van der Waals surface area contributed by atoms with Crippen molar-refractivity contribution in [1.82, 2.24) is 20.4 Å². The van der Waals surface area contributed by atoms with Crippen LogP contribution in [0.2, 0.25) is 0 Å². The van der Waals surface area contributed by atoms with Crippen molar-refractivity contribution in [3.63, 3.8) is 0 Å². The normalized spacial score (nSPS) is 19.8. The van der Waals surface area contributed by atoms with Gasteiger partial charge in [0.2, 0.25) is 11.8 Å². The van der Waals surface area contributed by atoms with Gasteiger partial charge in [-0.3, -0.25) is 4.90 Å². The molecule has 2 atom stereocenters. The lowest BCUT2D eigenvalue weighted by atomic mass is 9.90. The summed E-state index contributed by atoms with van der Waals surface area (Å²) in [7, 11) is 0. The molecule has 7 nitrogen and oxygen atoms in total. The number of nitrogens with zero attached hydrogens (tertiary/aromatic N) is 3. The van der Waals surface area contributed by atoms with Gasteiger partial charge in [0.05, 0.1) is 6.04 Å². The number of alkyl carbamates (subject to hydrolysis) is 1. The number of piperidine rings is 1. The number of ether oxygens (including phenoxy) is 1. The first-order valence-electron chi connectivity index (χ1n) is 8.69. The Labute approximate surface area is 144 Å². The number of likely N-dealkylation sites (tertiary alicyclic amines) is 1. The highest BCUT2D eigenvalue weighted by molar-refractivity contribution is 5.68. The lowest BCUT2D eigenvalue weighted by molar-refractivity contribution is 0.0462. The van der Waals surface area contributed by atoms with Crippen molar-refractivity contribution < 1.29 is 13.9 Å². The molecule has 0 aromatic carbocycles. The van der Waals surface area contributed by atoms with E-state index in [1.165, 1.54) is 0 Å². The average molecular weight is 338 g/mol. The summed E-state index contributed by atoms with van der Waals surface area (Å²) in [5.74, 6) is 1.72. The van der Waals surface area contributed by atoms with Crippen molar-refractivity contribution in [1.29, 1.82) is 0 Å². The number of hydrogen-bond donors (Lipinski definition) is 1. The van der Waals surface area contributed by atoms with E-state index in [-0.39, 0.29) is 18.2 Å². The van der Waals surface area contributed by atoms with Gasteiger partial charge in [-0.2, -0.15) is 0 Å². The molecule has 136 valence electrons. The molecule has 1 aromatic rings. The maximum absolute atomic E-state index is 11.9. The number of aromatic nitrogens is 2. The minimum Gasteiger partial charge on any atom is -0.444 e. The third-order valence-electron chi connectivity index (χ3n) is 4.47. The predicted molar refractivity (Wildman–Crippen MR) is 90.6 cm³/mol. The van der Waals surface area contributed by atoms with Crippen LogP contribution in [-0.4, -0.2) is 45.9 Å². The summed E-state index contributed by atoms with van der Waals surface area (Å²) in [4.78, 5) is 14.3. The molecule has 0 radical (unpaired) electrons. The van der Waals surface area contributed by atoms with E-state index in [4.69, 9.17) is 9.15 Å². The lowest BCUT2D eigenvalue weighted by Gasteiger charge is -2.37. The zero-order valence-corrected chi connectivity index (χ0v) is 15.6. The van der Waals surface area contributed by atoms with E-state index in [1.807, 2.05) is 20.8 Å². The van der Waals surface area contributed by atoms with Gasteiger partial charge in [-0.15, -0.1) is 10.2 Å². The van der Waals surface area contributed by atoms with E-state index in [0.29, 0.717) is 17.7 Å². The summed E-state index contributed by atoms with van der Waals surface area (Å²) >= 11 is 0. The van der Waals surface area contributed by atoms with Crippen LogP contribution >= 0.6 is 0 Å². The van der Waals surface area contributed by atoms with Gasteiger partial charge in [0.1, 0.15) is 5.60 Å². The summed E-state index contributed by atoms with van der Waals surface area (Å²) < 4.78 is 10.9. The molecule has 7 heteroatoms. The molecule has 1 amide bonds. The molecule has 0 bridgehead atoms. The lowest BCUT2D eigenvalue weighted by Crippen LogP contribution is -2.45. The number of rotatable bonds is 4. The van der Waals surface area contributed by atoms with Crippen LogP contribution in [0.4, 0.5) is 4.79 Å². The summed E-state index contributed by atoms with van der Waals surface area (Å²) in [6.45, 7) is 13.5. The summed E-state index contributed by atoms with van der Waals surface area (Å²) in [5.41, 5.74) is -0.467. The zero-order chi connectivity index (χ0) is 17.9. The number of hydrogen-bond acceptors (Lipinski definition) is 6. The van der Waals surface area contributed by atoms with Gasteiger partial charge in [0.25, 0.3) is 0 Å². The first kappa shape index (κ1) is 18.7. The molecule has 1 aliphatic rings. The number of amides is 1. The molecule has 2 heterocycles. The Morgan fingerprint density at radius 2 is 1.92 bits per heavy atom. The fraction of sp³-hybridized carbons (Fsp3) is 0.824. The van der Waals surface area contributed by atoms with Gasteiger partial charge in [-0.1, -0.05) is 0 Å². The van der Waals surface area contributed by atoms with Gasteiger partial charge in [-0.05, 0) is 66.5 Å². The maximum Gasteiger partial charge on any atom is 0.407 e. The molecule has 1 aliphatic heterocycles. The van der Waals surface area contributed by atoms with Crippen LogP contribution in [0.15, 0.2) is 4.42 Å². The maximum atomic E-state index is 11.9. The molecular formula is C17H30N4O3. The Hall–Kier alpha value is -1.63. The van der Waals surface area contributed by atoms with E-state index in [0.717, 1.165) is 25.9 Å². The highest BCUT2D eigenvalue weighted by Gasteiger charge is 2.30. The molecular weight excluding hydrogens is 308 g/mol. The molecule has 1 aromatic heterocycles. The van der Waals surface area contributed by atoms with Gasteiger partial charge in [-0.25, -0.2) is 4.79 Å². The van der Waals surface area contributed by atoms with Gasteiger partial charge in [0.15, 0.2) is 0 Å². The van der Waals surface area contributed by atoms with E-state index in [2.05, 4.69) is 34.3 Å². The standard InChI is InChI=1S/C17H30N4O3/c1-11(18-16(22)24-17(4,5)6)14-7-9-21(10-8-14)12(2)15-20-19-13(3)23-15/h11-12,14H,7-10H2,1-6H3,(H,18,22). The Morgan fingerprint density at radius 1 is 1.29 bits per heavy atom. The molecule has 1 saturated heterocycles. The van der Waals surface area contributed by atoms with Gasteiger partial charge >= 0.3 is 6.09 Å². The molecule has 0 spiro atoms. The van der Waals surface area contributed by atoms with Gasteiger partial charge in [0, 0.05) is 13.0 Å². The Balaban J connectivity index is 1.80. The van der Waals surface area contributed by atoms with Crippen LogP contribution in [-0.2, 0) is 4.74 Å². The minimum atomic E-state index is -0.467. The Morgan fingerprint density at radius 3 is 2.42 bits per heavy atom. The minimum absolute atomic E-state index is 0.1000. The first-order chi connectivity index (χ1) is 11.2. The van der Waals surface area contributed by atoms with E-state index in [1.54, 1.807) is 6.92 Å². The quantitative estimate of drug-likeness (QED) is 0.909. The second-order valence-corrected chi connectivity index (χ2v) is 7.64. The topological polar surface area (TPSA) is 80.5 Å². The molecule has 2 unspecified atom stereocenters. The van der Waals surface area contributed by atoms with Crippen molar-refractivity contribution in [3.05, 3.63) is 11.8 Å². The third kappa shape index (κ3) is 5.19. The number of aryl methyl sites for hydroxylation is 1. The number of carbonyl (C=O) groups excluding carboxylic acids is 1. The first-order valence-corrected chi connectivity index (χ1v) is 8.69. The van der Waals surface area contributed by atoms with E-state index < -0.39 is 5.60 Å².